The van der Waals surface area contributed by atoms with Gasteiger partial charge in [-0.25, -0.2) is 0 Å². The molecule has 0 bridgehead atoms. The molecule has 1 rings (SSSR count). The summed E-state index contributed by atoms with van der Waals surface area (Å²) in [5, 5.41) is 14.3. The monoisotopic (exact) mass is 328 g/mol. The second-order valence-corrected chi connectivity index (χ2v) is 6.02. The van der Waals surface area contributed by atoms with E-state index in [1.807, 2.05) is 6.07 Å². The fourth-order valence-electron chi connectivity index (χ4n) is 2.07. The highest BCUT2D eigenvalue weighted by Gasteiger charge is 2.15. The molecule has 0 heterocycles. The lowest BCUT2D eigenvalue weighted by molar-refractivity contribution is -0.385. The molecule has 0 aliphatic heterocycles. The van der Waals surface area contributed by atoms with Gasteiger partial charge in [0.1, 0.15) is 0 Å². The number of hydrogen-bond acceptors (Lipinski definition) is 3. The third-order valence-electron chi connectivity index (χ3n) is 3.34. The molecule has 1 aromatic rings. The molecule has 0 saturated carbocycles. The summed E-state index contributed by atoms with van der Waals surface area (Å²) in [6.07, 6.45) is 2.24. The fraction of sp³-hybridized carbons (Fsp3) is 0.571. The summed E-state index contributed by atoms with van der Waals surface area (Å²) in [7, 11) is 0. The van der Waals surface area contributed by atoms with Crippen molar-refractivity contribution < 1.29 is 4.92 Å². The highest BCUT2D eigenvalue weighted by molar-refractivity contribution is 9.10. The molecule has 0 spiro atoms. The molecule has 19 heavy (non-hydrogen) atoms. The van der Waals surface area contributed by atoms with Crippen LogP contribution in [0.2, 0.25) is 0 Å². The van der Waals surface area contributed by atoms with Crippen molar-refractivity contribution in [2.75, 3.05) is 5.32 Å². The van der Waals surface area contributed by atoms with E-state index in [4.69, 9.17) is 0 Å². The molecule has 106 valence electrons. The van der Waals surface area contributed by atoms with Crippen LogP contribution in [0.1, 0.15) is 39.2 Å². The van der Waals surface area contributed by atoms with Crippen molar-refractivity contribution >= 4 is 27.3 Å². The number of nitro benzene ring substituents is 1. The van der Waals surface area contributed by atoms with E-state index in [-0.39, 0.29) is 10.6 Å². The first-order valence-corrected chi connectivity index (χ1v) is 7.35. The highest BCUT2D eigenvalue weighted by atomic mass is 79.9. The number of halogens is 1. The number of rotatable bonds is 6. The van der Waals surface area contributed by atoms with E-state index >= 15 is 0 Å². The summed E-state index contributed by atoms with van der Waals surface area (Å²) in [6.45, 7) is 8.31. The number of aryl methyl sites for hydroxylation is 1. The standard InChI is InChI=1S/C14H21BrN2O2/c1-5-9(2)6-11(4)16-13-7-10(3)14(17(18)19)8-12(13)15/h7-9,11,16H,5-6H2,1-4H3. The molecule has 1 aromatic carbocycles. The minimum atomic E-state index is -0.355. The van der Waals surface area contributed by atoms with E-state index in [0.717, 1.165) is 23.0 Å². The van der Waals surface area contributed by atoms with E-state index in [0.29, 0.717) is 17.5 Å². The van der Waals surface area contributed by atoms with Gasteiger partial charge >= 0.3 is 0 Å². The van der Waals surface area contributed by atoms with Gasteiger partial charge in [-0.1, -0.05) is 20.3 Å². The minimum absolute atomic E-state index is 0.145. The summed E-state index contributed by atoms with van der Waals surface area (Å²) in [4.78, 5) is 10.5. The Labute approximate surface area is 122 Å². The normalized spacial score (nSPS) is 13.9. The van der Waals surface area contributed by atoms with Crippen LogP contribution in [0, 0.1) is 23.0 Å². The molecule has 5 heteroatoms. The Morgan fingerprint density at radius 3 is 2.58 bits per heavy atom. The van der Waals surface area contributed by atoms with E-state index in [1.165, 1.54) is 0 Å². The van der Waals surface area contributed by atoms with Crippen LogP contribution in [0.4, 0.5) is 11.4 Å². The maximum Gasteiger partial charge on any atom is 0.273 e. The van der Waals surface area contributed by atoms with Crippen LogP contribution in [-0.2, 0) is 0 Å². The van der Waals surface area contributed by atoms with Gasteiger partial charge in [-0.05, 0) is 48.2 Å². The SMILES string of the molecule is CCC(C)CC(C)Nc1cc(C)c([N+](=O)[O-])cc1Br. The van der Waals surface area contributed by atoms with Crippen LogP contribution in [0.3, 0.4) is 0 Å². The van der Waals surface area contributed by atoms with Gasteiger partial charge in [0.15, 0.2) is 0 Å². The predicted molar refractivity (Wildman–Crippen MR) is 82.7 cm³/mol. The number of anilines is 1. The third kappa shape index (κ3) is 4.49. The lowest BCUT2D eigenvalue weighted by Crippen LogP contribution is -2.18. The van der Waals surface area contributed by atoms with Crippen LogP contribution < -0.4 is 5.32 Å². The first-order valence-electron chi connectivity index (χ1n) is 6.56. The van der Waals surface area contributed by atoms with Gasteiger partial charge in [0.05, 0.1) is 4.92 Å². The molecule has 0 aliphatic rings. The summed E-state index contributed by atoms with van der Waals surface area (Å²) in [5.41, 5.74) is 1.73. The van der Waals surface area contributed by atoms with Crippen molar-refractivity contribution in [3.8, 4) is 0 Å². The van der Waals surface area contributed by atoms with Crippen LogP contribution in [0.25, 0.3) is 0 Å². The van der Waals surface area contributed by atoms with Crippen molar-refractivity contribution in [2.24, 2.45) is 5.92 Å². The average molecular weight is 329 g/mol. The summed E-state index contributed by atoms with van der Waals surface area (Å²) in [6, 6.07) is 3.73. The van der Waals surface area contributed by atoms with Crippen LogP contribution in [0.5, 0.6) is 0 Å². The Balaban J connectivity index is 2.85. The summed E-state index contributed by atoms with van der Waals surface area (Å²) >= 11 is 3.39. The van der Waals surface area contributed by atoms with E-state index in [1.54, 1.807) is 13.0 Å². The molecular weight excluding hydrogens is 308 g/mol. The Morgan fingerprint density at radius 1 is 1.42 bits per heavy atom. The molecule has 0 aliphatic carbocycles. The molecule has 0 fully saturated rings. The van der Waals surface area contributed by atoms with E-state index in [9.17, 15) is 10.1 Å². The van der Waals surface area contributed by atoms with Gasteiger partial charge < -0.3 is 5.32 Å². The lowest BCUT2D eigenvalue weighted by atomic mass is 10.00. The number of benzene rings is 1. The molecule has 0 amide bonds. The zero-order valence-corrected chi connectivity index (χ0v) is 13.5. The van der Waals surface area contributed by atoms with Gasteiger partial charge in [0.2, 0.25) is 0 Å². The van der Waals surface area contributed by atoms with E-state index in [2.05, 4.69) is 42.0 Å². The third-order valence-corrected chi connectivity index (χ3v) is 3.99. The smallest absolute Gasteiger partial charge is 0.273 e. The number of nitrogens with one attached hydrogen (secondary N) is 1. The summed E-state index contributed by atoms with van der Waals surface area (Å²) in [5.74, 6) is 0.667. The van der Waals surface area contributed by atoms with Gasteiger partial charge in [0, 0.05) is 27.8 Å². The largest absolute Gasteiger partial charge is 0.382 e. The Bertz CT molecular complexity index is 463. The topological polar surface area (TPSA) is 55.2 Å². The van der Waals surface area contributed by atoms with Crippen molar-refractivity contribution in [2.45, 2.75) is 46.6 Å². The molecule has 1 N–H and O–H groups in total. The first-order chi connectivity index (χ1) is 8.85. The minimum Gasteiger partial charge on any atom is -0.382 e. The van der Waals surface area contributed by atoms with Crippen LogP contribution in [-0.4, -0.2) is 11.0 Å². The van der Waals surface area contributed by atoms with Gasteiger partial charge in [-0.3, -0.25) is 10.1 Å². The van der Waals surface area contributed by atoms with Gasteiger partial charge in [0.25, 0.3) is 5.69 Å². The van der Waals surface area contributed by atoms with Gasteiger partial charge in [-0.15, -0.1) is 0 Å². The van der Waals surface area contributed by atoms with Crippen molar-refractivity contribution in [1.82, 2.24) is 0 Å². The number of hydrogen-bond donors (Lipinski definition) is 1. The number of nitro groups is 1. The zero-order valence-electron chi connectivity index (χ0n) is 11.9. The zero-order chi connectivity index (χ0) is 14.6. The highest BCUT2D eigenvalue weighted by Crippen LogP contribution is 2.31. The molecule has 4 nitrogen and oxygen atoms in total. The Morgan fingerprint density at radius 2 is 2.05 bits per heavy atom. The molecule has 0 aromatic heterocycles. The molecule has 0 saturated heterocycles. The fourth-order valence-corrected chi connectivity index (χ4v) is 2.52. The molecule has 0 radical (unpaired) electrons. The average Bonchev–Trinajstić information content (AvgIpc) is 2.32. The van der Waals surface area contributed by atoms with Crippen molar-refractivity contribution in [3.63, 3.8) is 0 Å². The Kier molecular flexibility index (Phi) is 5.79. The maximum absolute atomic E-state index is 10.9. The predicted octanol–water partition coefficient (Wildman–Crippen LogP) is 4.90. The van der Waals surface area contributed by atoms with E-state index < -0.39 is 0 Å². The Hall–Kier alpha value is -1.10. The molecule has 2 unspecified atom stereocenters. The number of nitrogens with zero attached hydrogens (tertiary/aromatic N) is 1. The van der Waals surface area contributed by atoms with Crippen molar-refractivity contribution in [1.29, 1.82) is 0 Å². The molecular formula is C14H21BrN2O2. The van der Waals surface area contributed by atoms with Crippen LogP contribution in [0.15, 0.2) is 16.6 Å². The first kappa shape index (κ1) is 16.0. The van der Waals surface area contributed by atoms with Gasteiger partial charge in [-0.2, -0.15) is 0 Å². The van der Waals surface area contributed by atoms with Crippen molar-refractivity contribution in [3.05, 3.63) is 32.3 Å². The second kappa shape index (κ2) is 6.89. The van der Waals surface area contributed by atoms with Crippen LogP contribution >= 0.6 is 15.9 Å². The molecule has 2 atom stereocenters. The lowest BCUT2D eigenvalue weighted by Gasteiger charge is -2.20. The summed E-state index contributed by atoms with van der Waals surface area (Å²) < 4.78 is 0.737. The second-order valence-electron chi connectivity index (χ2n) is 5.17. The maximum atomic E-state index is 10.9. The quantitative estimate of drug-likeness (QED) is 0.596.